The van der Waals surface area contributed by atoms with Crippen molar-refractivity contribution < 1.29 is 39.2 Å². The van der Waals surface area contributed by atoms with E-state index in [-0.39, 0.29) is 37.1 Å². The second-order valence-electron chi connectivity index (χ2n) is 12.6. The summed E-state index contributed by atoms with van der Waals surface area (Å²) in [5, 5.41) is 30.0. The average molecular weight is 623 g/mol. The fraction of sp³-hybridized carbons (Fsp3) is 0.806. The van der Waals surface area contributed by atoms with Crippen LogP contribution >= 0.6 is 0 Å². The topological polar surface area (TPSA) is 130 Å². The molecule has 0 amide bonds. The Balaban J connectivity index is 2.21. The van der Waals surface area contributed by atoms with Crippen molar-refractivity contribution in [1.82, 2.24) is 0 Å². The number of esters is 2. The normalized spacial score (nSPS) is 20.8. The van der Waals surface area contributed by atoms with Crippen molar-refractivity contribution in [2.75, 3.05) is 13.2 Å². The molecular weight excluding hydrogens is 560 g/mol. The fourth-order valence-electron chi connectivity index (χ4n) is 5.51. The van der Waals surface area contributed by atoms with Gasteiger partial charge in [0.1, 0.15) is 12.4 Å². The first-order chi connectivity index (χ1) is 21.2. The molecule has 44 heavy (non-hydrogen) atoms. The number of carbonyl (C=O) groups excluding carboxylic acids is 3. The number of ether oxygens (including phenoxy) is 2. The number of unbranched alkanes of at least 4 members (excludes halogenated alkanes) is 8. The summed E-state index contributed by atoms with van der Waals surface area (Å²) >= 11 is 0. The quantitative estimate of drug-likeness (QED) is 0.0547. The van der Waals surface area contributed by atoms with Gasteiger partial charge >= 0.3 is 11.9 Å². The van der Waals surface area contributed by atoms with Crippen LogP contribution in [0.2, 0.25) is 0 Å². The molecule has 1 saturated carbocycles. The van der Waals surface area contributed by atoms with Crippen molar-refractivity contribution in [2.24, 2.45) is 17.8 Å². The summed E-state index contributed by atoms with van der Waals surface area (Å²) in [7, 11) is 0. The maximum atomic E-state index is 12.4. The van der Waals surface area contributed by atoms with Gasteiger partial charge in [0, 0.05) is 31.1 Å². The number of ketones is 1. The number of hydrogen-bond acceptors (Lipinski definition) is 8. The van der Waals surface area contributed by atoms with Gasteiger partial charge in [-0.3, -0.25) is 14.4 Å². The van der Waals surface area contributed by atoms with Gasteiger partial charge in [-0.1, -0.05) is 109 Å². The van der Waals surface area contributed by atoms with Crippen LogP contribution < -0.4 is 0 Å². The zero-order valence-electron chi connectivity index (χ0n) is 27.8. The number of aliphatic hydroxyl groups excluding tert-OH is 3. The molecule has 0 bridgehead atoms. The number of rotatable bonds is 26. The Morgan fingerprint density at radius 1 is 0.932 bits per heavy atom. The minimum absolute atomic E-state index is 0.000695. The van der Waals surface area contributed by atoms with E-state index in [1.54, 1.807) is 12.2 Å². The summed E-state index contributed by atoms with van der Waals surface area (Å²) in [6.07, 6.45) is 20.4. The molecule has 0 radical (unpaired) electrons. The highest BCUT2D eigenvalue weighted by atomic mass is 16.6. The van der Waals surface area contributed by atoms with Gasteiger partial charge < -0.3 is 24.8 Å². The molecule has 8 heteroatoms. The molecule has 0 spiro atoms. The lowest BCUT2D eigenvalue weighted by Gasteiger charge is -2.17. The molecule has 3 N–H and O–H groups in total. The van der Waals surface area contributed by atoms with Crippen LogP contribution in [0.1, 0.15) is 136 Å². The van der Waals surface area contributed by atoms with E-state index < -0.39 is 36.8 Å². The van der Waals surface area contributed by atoms with Crippen LogP contribution in [0.25, 0.3) is 0 Å². The number of aliphatic hydroxyl groups is 3. The minimum Gasteiger partial charge on any atom is -0.462 e. The van der Waals surface area contributed by atoms with Crippen LogP contribution in [-0.4, -0.2) is 64.6 Å². The Hall–Kier alpha value is -2.03. The van der Waals surface area contributed by atoms with Crippen LogP contribution in [0.15, 0.2) is 24.3 Å². The largest absolute Gasteiger partial charge is 0.462 e. The Kier molecular flexibility index (Phi) is 22.9. The Morgan fingerprint density at radius 3 is 2.32 bits per heavy atom. The molecule has 0 aliphatic heterocycles. The van der Waals surface area contributed by atoms with Crippen LogP contribution in [0.5, 0.6) is 0 Å². The zero-order valence-corrected chi connectivity index (χ0v) is 27.8. The highest BCUT2D eigenvalue weighted by molar-refractivity contribution is 5.86. The van der Waals surface area contributed by atoms with Crippen molar-refractivity contribution >= 4 is 17.7 Å². The Morgan fingerprint density at radius 2 is 1.61 bits per heavy atom. The SMILES string of the molecule is CCCCC[C@H](O)/C=C/[C@H]1C(=O)C[C@H](O)[C@@H]1C/C=C\CCCC(=O)OC[C@H](CO)OC(=O)CCCCCCCCC(C)CC. The van der Waals surface area contributed by atoms with E-state index in [2.05, 4.69) is 20.8 Å². The predicted octanol–water partition coefficient (Wildman–Crippen LogP) is 6.78. The van der Waals surface area contributed by atoms with Crippen LogP contribution in [0.4, 0.5) is 0 Å². The lowest BCUT2D eigenvalue weighted by atomic mass is 9.90. The molecule has 6 atom stereocenters. The third kappa shape index (κ3) is 18.7. The van der Waals surface area contributed by atoms with E-state index in [4.69, 9.17) is 9.47 Å². The molecule has 0 saturated heterocycles. The third-order valence-corrected chi connectivity index (χ3v) is 8.66. The van der Waals surface area contributed by atoms with Gasteiger partial charge in [-0.15, -0.1) is 0 Å². The van der Waals surface area contributed by atoms with Crippen LogP contribution in [-0.2, 0) is 23.9 Å². The molecule has 1 aliphatic carbocycles. The molecule has 0 aromatic carbocycles. The minimum atomic E-state index is -0.855. The third-order valence-electron chi connectivity index (χ3n) is 8.66. The summed E-state index contributed by atoms with van der Waals surface area (Å²) in [5.41, 5.74) is 0. The lowest BCUT2D eigenvalue weighted by Crippen LogP contribution is -2.28. The van der Waals surface area contributed by atoms with E-state index in [0.29, 0.717) is 32.1 Å². The lowest BCUT2D eigenvalue weighted by molar-refractivity contribution is -0.161. The first-order valence-corrected chi connectivity index (χ1v) is 17.4. The van der Waals surface area contributed by atoms with Crippen molar-refractivity contribution in [3.63, 3.8) is 0 Å². The van der Waals surface area contributed by atoms with E-state index in [0.717, 1.165) is 44.4 Å². The smallest absolute Gasteiger partial charge is 0.306 e. The standard InChI is InChI=1S/C36H62O8/c1-4-6-13-19-29(38)23-24-32-31(33(39)25-34(32)40)20-15-11-12-16-21-35(41)43-27-30(26-37)44-36(42)22-17-10-8-7-9-14-18-28(3)5-2/h11,15,23-24,28-33,37-39H,4-10,12-14,16-22,25-27H2,1-3H3/b15-11-,24-23+/t28?,29-,30-,31+,32+,33-/m0/s1. The van der Waals surface area contributed by atoms with Gasteiger partial charge in [-0.25, -0.2) is 0 Å². The number of hydrogen-bond donors (Lipinski definition) is 3. The molecule has 254 valence electrons. The van der Waals surface area contributed by atoms with Gasteiger partial charge in [-0.2, -0.15) is 0 Å². The maximum absolute atomic E-state index is 12.4. The van der Waals surface area contributed by atoms with E-state index in [1.807, 2.05) is 12.2 Å². The van der Waals surface area contributed by atoms with Gasteiger partial charge in [0.25, 0.3) is 0 Å². The van der Waals surface area contributed by atoms with Crippen molar-refractivity contribution in [1.29, 1.82) is 0 Å². The molecule has 0 aromatic heterocycles. The highest BCUT2D eigenvalue weighted by Gasteiger charge is 2.39. The maximum Gasteiger partial charge on any atom is 0.306 e. The van der Waals surface area contributed by atoms with Gasteiger partial charge in [-0.05, 0) is 38.0 Å². The van der Waals surface area contributed by atoms with E-state index in [1.165, 1.54) is 32.1 Å². The summed E-state index contributed by atoms with van der Waals surface area (Å²) in [6, 6.07) is 0. The molecule has 8 nitrogen and oxygen atoms in total. The Labute approximate surface area is 266 Å². The highest BCUT2D eigenvalue weighted by Crippen LogP contribution is 2.33. The summed E-state index contributed by atoms with van der Waals surface area (Å²) in [4.78, 5) is 36.6. The van der Waals surface area contributed by atoms with Crippen LogP contribution in [0.3, 0.4) is 0 Å². The fourth-order valence-corrected chi connectivity index (χ4v) is 5.51. The molecule has 1 unspecified atom stereocenters. The van der Waals surface area contributed by atoms with Gasteiger partial charge in [0.2, 0.25) is 0 Å². The molecular formula is C36H62O8. The zero-order chi connectivity index (χ0) is 32.6. The second kappa shape index (κ2) is 25.2. The van der Waals surface area contributed by atoms with Gasteiger partial charge in [0.15, 0.2) is 6.10 Å². The summed E-state index contributed by atoms with van der Waals surface area (Å²) < 4.78 is 10.5. The van der Waals surface area contributed by atoms with Crippen molar-refractivity contribution in [3.05, 3.63) is 24.3 Å². The van der Waals surface area contributed by atoms with E-state index >= 15 is 0 Å². The molecule has 1 fully saturated rings. The summed E-state index contributed by atoms with van der Waals surface area (Å²) in [5.74, 6) is -0.607. The monoisotopic (exact) mass is 622 g/mol. The average Bonchev–Trinajstić information content (AvgIpc) is 3.28. The van der Waals surface area contributed by atoms with Crippen molar-refractivity contribution in [2.45, 2.75) is 155 Å². The second-order valence-corrected chi connectivity index (χ2v) is 12.6. The molecule has 0 heterocycles. The number of carbonyl (C=O) groups is 3. The molecule has 1 rings (SSSR count). The number of Topliss-reactive ketones (excluding diaryl/α,β-unsaturated/α-hetero) is 1. The van der Waals surface area contributed by atoms with E-state index in [9.17, 15) is 29.7 Å². The molecule has 0 aromatic rings. The number of allylic oxidation sites excluding steroid dienone is 3. The summed E-state index contributed by atoms with van der Waals surface area (Å²) in [6.45, 7) is 6.07. The Bertz CT molecular complexity index is 838. The van der Waals surface area contributed by atoms with Gasteiger partial charge in [0.05, 0.1) is 18.8 Å². The first-order valence-electron chi connectivity index (χ1n) is 17.4. The predicted molar refractivity (Wildman–Crippen MR) is 174 cm³/mol. The molecule has 1 aliphatic rings. The first kappa shape index (κ1) is 40.0. The van der Waals surface area contributed by atoms with Crippen LogP contribution in [0, 0.1) is 17.8 Å². The van der Waals surface area contributed by atoms with Crippen molar-refractivity contribution in [3.8, 4) is 0 Å².